The highest BCUT2D eigenvalue weighted by molar-refractivity contribution is 5.79. The zero-order chi connectivity index (χ0) is 17.9. The van der Waals surface area contributed by atoms with Crippen LogP contribution in [-0.2, 0) is 4.79 Å². The first-order chi connectivity index (χ1) is 12.7. The lowest BCUT2D eigenvalue weighted by atomic mass is 9.85. The van der Waals surface area contributed by atoms with Gasteiger partial charge >= 0.3 is 0 Å². The number of amides is 1. The summed E-state index contributed by atoms with van der Waals surface area (Å²) in [4.78, 5) is 18.2. The fourth-order valence-corrected chi connectivity index (χ4v) is 4.83. The number of carbonyl (C=O) groups is 1. The Morgan fingerprint density at radius 3 is 2.65 bits per heavy atom. The maximum Gasteiger partial charge on any atom is 0.217 e. The molecule has 140 valence electrons. The van der Waals surface area contributed by atoms with E-state index in [1.165, 1.54) is 56.2 Å². The van der Waals surface area contributed by atoms with Gasteiger partial charge in [0.05, 0.1) is 11.7 Å². The molecule has 1 amide bonds. The van der Waals surface area contributed by atoms with Gasteiger partial charge in [-0.05, 0) is 56.6 Å². The summed E-state index contributed by atoms with van der Waals surface area (Å²) in [6.07, 6.45) is 13.3. The number of likely N-dealkylation sites (tertiary alicyclic amines) is 1. The van der Waals surface area contributed by atoms with E-state index in [9.17, 15) is 4.79 Å². The van der Waals surface area contributed by atoms with Crippen LogP contribution >= 0.6 is 0 Å². The first-order valence-corrected chi connectivity index (χ1v) is 10.1. The van der Waals surface area contributed by atoms with E-state index in [4.69, 9.17) is 0 Å². The first kappa shape index (κ1) is 17.5. The monoisotopic (exact) mass is 354 g/mol. The van der Waals surface area contributed by atoms with Crippen LogP contribution in [0.5, 0.6) is 0 Å². The Kier molecular flexibility index (Phi) is 5.25. The highest BCUT2D eigenvalue weighted by Gasteiger charge is 2.26. The van der Waals surface area contributed by atoms with E-state index in [0.29, 0.717) is 12.1 Å². The molecule has 2 aromatic rings. The molecule has 5 heteroatoms. The van der Waals surface area contributed by atoms with Gasteiger partial charge in [-0.2, -0.15) is 0 Å². The average molecular weight is 354 g/mol. The standard InChI is InChI=1S/C21H30N4O/c1-16(26)23-19-4-2-17(3-5-19)15-24-11-8-20(9-12-24)25-13-7-18-6-10-22-14-21(18)25/h6-7,10,13-14,17,19-20H,2-5,8-9,11-12,15H2,1H3,(H,23,26)/t17-,19-. The molecule has 0 radical (unpaired) electrons. The van der Waals surface area contributed by atoms with Gasteiger partial charge in [0.25, 0.3) is 0 Å². The Labute approximate surface area is 155 Å². The molecule has 0 unspecified atom stereocenters. The Bertz CT molecular complexity index is 739. The summed E-state index contributed by atoms with van der Waals surface area (Å²) >= 11 is 0. The molecule has 1 aliphatic carbocycles. The molecule has 3 heterocycles. The van der Waals surface area contributed by atoms with E-state index in [-0.39, 0.29) is 5.91 Å². The number of piperidine rings is 1. The molecule has 4 rings (SSSR count). The van der Waals surface area contributed by atoms with Crippen LogP contribution in [0, 0.1) is 5.92 Å². The lowest BCUT2D eigenvalue weighted by Gasteiger charge is -2.37. The fourth-order valence-electron chi connectivity index (χ4n) is 4.83. The largest absolute Gasteiger partial charge is 0.354 e. The normalized spacial score (nSPS) is 25.4. The van der Waals surface area contributed by atoms with Crippen molar-refractivity contribution in [3.8, 4) is 0 Å². The van der Waals surface area contributed by atoms with Gasteiger partial charge in [-0.25, -0.2) is 0 Å². The third kappa shape index (κ3) is 3.93. The predicted octanol–water partition coefficient (Wildman–Crippen LogP) is 3.37. The topological polar surface area (TPSA) is 50.2 Å². The summed E-state index contributed by atoms with van der Waals surface area (Å²) in [6, 6.07) is 5.31. The van der Waals surface area contributed by atoms with Crippen molar-refractivity contribution in [2.75, 3.05) is 19.6 Å². The second-order valence-corrected chi connectivity index (χ2v) is 8.11. The number of aromatic nitrogens is 2. The first-order valence-electron chi connectivity index (χ1n) is 10.1. The molecule has 0 bridgehead atoms. The molecule has 2 aliphatic rings. The van der Waals surface area contributed by atoms with Crippen LogP contribution in [0.15, 0.2) is 30.7 Å². The molecule has 2 aromatic heterocycles. The molecule has 0 aromatic carbocycles. The summed E-state index contributed by atoms with van der Waals surface area (Å²) < 4.78 is 2.43. The van der Waals surface area contributed by atoms with Crippen LogP contribution in [0.25, 0.3) is 10.9 Å². The molecular weight excluding hydrogens is 324 g/mol. The summed E-state index contributed by atoms with van der Waals surface area (Å²) in [6.45, 7) is 5.24. The van der Waals surface area contributed by atoms with Crippen molar-refractivity contribution in [2.24, 2.45) is 5.92 Å². The SMILES string of the molecule is CC(=O)N[C@H]1CC[C@H](CN2CCC(n3ccc4ccncc43)CC2)CC1. The second kappa shape index (κ2) is 7.78. The third-order valence-electron chi connectivity index (χ3n) is 6.25. The minimum absolute atomic E-state index is 0.114. The molecule has 1 aliphatic heterocycles. The molecule has 1 saturated heterocycles. The highest BCUT2D eigenvalue weighted by atomic mass is 16.1. The average Bonchev–Trinajstić information content (AvgIpc) is 3.08. The summed E-state index contributed by atoms with van der Waals surface area (Å²) in [5.74, 6) is 0.913. The predicted molar refractivity (Wildman–Crippen MR) is 104 cm³/mol. The van der Waals surface area contributed by atoms with Crippen molar-refractivity contribution in [2.45, 2.75) is 57.5 Å². The molecule has 26 heavy (non-hydrogen) atoms. The Morgan fingerprint density at radius 1 is 1.15 bits per heavy atom. The van der Waals surface area contributed by atoms with Crippen molar-refractivity contribution in [1.82, 2.24) is 19.8 Å². The van der Waals surface area contributed by atoms with Crippen molar-refractivity contribution in [1.29, 1.82) is 0 Å². The molecule has 1 saturated carbocycles. The molecule has 5 nitrogen and oxygen atoms in total. The van der Waals surface area contributed by atoms with Gasteiger partial charge in [0, 0.05) is 56.4 Å². The number of nitrogens with zero attached hydrogens (tertiary/aromatic N) is 3. The zero-order valence-electron chi connectivity index (χ0n) is 15.7. The molecule has 0 spiro atoms. The molecule has 1 N–H and O–H groups in total. The Balaban J connectivity index is 1.26. The van der Waals surface area contributed by atoms with Crippen molar-refractivity contribution in [3.05, 3.63) is 30.7 Å². The number of hydrogen-bond acceptors (Lipinski definition) is 3. The van der Waals surface area contributed by atoms with Crippen LogP contribution in [0.2, 0.25) is 0 Å². The molecular formula is C21H30N4O. The number of rotatable bonds is 4. The van der Waals surface area contributed by atoms with E-state index in [1.54, 1.807) is 6.92 Å². The third-order valence-corrected chi connectivity index (χ3v) is 6.25. The van der Waals surface area contributed by atoms with Crippen LogP contribution in [0.4, 0.5) is 0 Å². The van der Waals surface area contributed by atoms with E-state index in [0.717, 1.165) is 18.8 Å². The van der Waals surface area contributed by atoms with Gasteiger partial charge in [-0.15, -0.1) is 0 Å². The van der Waals surface area contributed by atoms with E-state index < -0.39 is 0 Å². The number of fused-ring (bicyclic) bond motifs is 1. The van der Waals surface area contributed by atoms with Crippen LogP contribution in [-0.4, -0.2) is 46.0 Å². The van der Waals surface area contributed by atoms with Crippen molar-refractivity contribution >= 4 is 16.8 Å². The number of carbonyl (C=O) groups excluding carboxylic acids is 1. The summed E-state index contributed by atoms with van der Waals surface area (Å²) in [5.41, 5.74) is 1.27. The lowest BCUT2D eigenvalue weighted by Crippen LogP contribution is -2.41. The van der Waals surface area contributed by atoms with Gasteiger partial charge in [0.2, 0.25) is 5.91 Å². The molecule has 0 atom stereocenters. The minimum Gasteiger partial charge on any atom is -0.354 e. The van der Waals surface area contributed by atoms with Gasteiger partial charge in [-0.1, -0.05) is 0 Å². The number of nitrogens with one attached hydrogen (secondary N) is 1. The van der Waals surface area contributed by atoms with Crippen LogP contribution in [0.1, 0.15) is 51.5 Å². The quantitative estimate of drug-likeness (QED) is 0.916. The Morgan fingerprint density at radius 2 is 1.92 bits per heavy atom. The van der Waals surface area contributed by atoms with Gasteiger partial charge < -0.3 is 14.8 Å². The number of hydrogen-bond donors (Lipinski definition) is 1. The molecule has 2 fully saturated rings. The zero-order valence-corrected chi connectivity index (χ0v) is 15.7. The maximum atomic E-state index is 11.2. The smallest absolute Gasteiger partial charge is 0.217 e. The van der Waals surface area contributed by atoms with Crippen molar-refractivity contribution in [3.63, 3.8) is 0 Å². The number of pyridine rings is 1. The Hall–Kier alpha value is -1.88. The van der Waals surface area contributed by atoms with Crippen molar-refractivity contribution < 1.29 is 4.79 Å². The van der Waals surface area contributed by atoms with E-state index in [1.807, 2.05) is 12.4 Å². The maximum absolute atomic E-state index is 11.2. The highest BCUT2D eigenvalue weighted by Crippen LogP contribution is 2.30. The van der Waals surface area contributed by atoms with Crippen LogP contribution < -0.4 is 5.32 Å². The second-order valence-electron chi connectivity index (χ2n) is 8.11. The van der Waals surface area contributed by atoms with Gasteiger partial charge in [0.15, 0.2) is 0 Å². The minimum atomic E-state index is 0.114. The van der Waals surface area contributed by atoms with Gasteiger partial charge in [-0.3, -0.25) is 9.78 Å². The summed E-state index contributed by atoms with van der Waals surface area (Å²) in [5, 5.41) is 4.37. The van der Waals surface area contributed by atoms with E-state index >= 15 is 0 Å². The summed E-state index contributed by atoms with van der Waals surface area (Å²) in [7, 11) is 0. The van der Waals surface area contributed by atoms with E-state index in [2.05, 4.69) is 38.1 Å². The fraction of sp³-hybridized carbons (Fsp3) is 0.619. The lowest BCUT2D eigenvalue weighted by molar-refractivity contribution is -0.119. The van der Waals surface area contributed by atoms with Crippen LogP contribution in [0.3, 0.4) is 0 Å². The van der Waals surface area contributed by atoms with Gasteiger partial charge in [0.1, 0.15) is 0 Å².